The van der Waals surface area contributed by atoms with E-state index < -0.39 is 0 Å². The number of alkyl halides is 1. The fourth-order valence-electron chi connectivity index (χ4n) is 1.92. The molecule has 1 aliphatic heterocycles. The molecule has 1 fully saturated rings. The molecule has 0 bridgehead atoms. The van der Waals surface area contributed by atoms with Crippen molar-refractivity contribution in [1.29, 1.82) is 0 Å². The number of hydrogen-bond acceptors (Lipinski definition) is 4. The van der Waals surface area contributed by atoms with Crippen molar-refractivity contribution in [2.75, 3.05) is 39.4 Å². The standard InChI is InChI=1S/C11H16FN3OS/c1-9-13-10(8-17-9)11(16)15-6-4-14(3-2-12)5-7-15/h8H,2-7H2,1H3. The summed E-state index contributed by atoms with van der Waals surface area (Å²) in [5, 5.41) is 2.70. The molecule has 0 spiro atoms. The maximum absolute atomic E-state index is 12.2. The van der Waals surface area contributed by atoms with Crippen LogP contribution in [0.2, 0.25) is 0 Å². The number of aryl methyl sites for hydroxylation is 1. The Kier molecular flexibility index (Phi) is 4.06. The van der Waals surface area contributed by atoms with Gasteiger partial charge in [0.1, 0.15) is 12.4 Å². The van der Waals surface area contributed by atoms with E-state index in [1.165, 1.54) is 11.3 Å². The first-order chi connectivity index (χ1) is 8.20. The molecule has 4 nitrogen and oxygen atoms in total. The van der Waals surface area contributed by atoms with Gasteiger partial charge in [-0.25, -0.2) is 9.37 Å². The first-order valence-electron chi connectivity index (χ1n) is 5.70. The molecule has 1 aromatic rings. The van der Waals surface area contributed by atoms with Crippen LogP contribution in [0.1, 0.15) is 15.5 Å². The minimum absolute atomic E-state index is 0.00533. The van der Waals surface area contributed by atoms with Gasteiger partial charge in [0.2, 0.25) is 0 Å². The van der Waals surface area contributed by atoms with E-state index in [4.69, 9.17) is 0 Å². The minimum Gasteiger partial charge on any atom is -0.335 e. The summed E-state index contributed by atoms with van der Waals surface area (Å²) in [4.78, 5) is 20.1. The summed E-state index contributed by atoms with van der Waals surface area (Å²) < 4.78 is 12.2. The Hall–Kier alpha value is -1.01. The molecule has 1 amide bonds. The summed E-state index contributed by atoms with van der Waals surface area (Å²) in [7, 11) is 0. The minimum atomic E-state index is -0.320. The zero-order chi connectivity index (χ0) is 12.3. The predicted octanol–water partition coefficient (Wildman–Crippen LogP) is 1.18. The number of amides is 1. The van der Waals surface area contributed by atoms with E-state index in [-0.39, 0.29) is 12.6 Å². The van der Waals surface area contributed by atoms with Gasteiger partial charge in [0, 0.05) is 38.1 Å². The molecule has 17 heavy (non-hydrogen) atoms. The van der Waals surface area contributed by atoms with Gasteiger partial charge in [-0.05, 0) is 6.92 Å². The van der Waals surface area contributed by atoms with Crippen LogP contribution in [-0.4, -0.2) is 60.1 Å². The van der Waals surface area contributed by atoms with Gasteiger partial charge in [-0.3, -0.25) is 9.69 Å². The van der Waals surface area contributed by atoms with Crippen molar-refractivity contribution in [2.45, 2.75) is 6.92 Å². The first kappa shape index (κ1) is 12.4. The van der Waals surface area contributed by atoms with Gasteiger partial charge in [-0.1, -0.05) is 0 Å². The Morgan fingerprint density at radius 2 is 2.18 bits per heavy atom. The molecule has 0 unspecified atom stereocenters. The van der Waals surface area contributed by atoms with E-state index in [9.17, 15) is 9.18 Å². The normalized spacial score (nSPS) is 17.4. The van der Waals surface area contributed by atoms with Crippen molar-refractivity contribution in [3.05, 3.63) is 16.1 Å². The van der Waals surface area contributed by atoms with E-state index in [0.717, 1.165) is 18.1 Å². The van der Waals surface area contributed by atoms with E-state index >= 15 is 0 Å². The van der Waals surface area contributed by atoms with E-state index in [0.29, 0.717) is 25.3 Å². The van der Waals surface area contributed by atoms with Gasteiger partial charge in [0.25, 0.3) is 5.91 Å². The fraction of sp³-hybridized carbons (Fsp3) is 0.636. The molecule has 2 rings (SSSR count). The van der Waals surface area contributed by atoms with Gasteiger partial charge >= 0.3 is 0 Å². The maximum atomic E-state index is 12.2. The second-order valence-electron chi connectivity index (χ2n) is 4.07. The third kappa shape index (κ3) is 3.01. The highest BCUT2D eigenvalue weighted by Crippen LogP contribution is 2.12. The topological polar surface area (TPSA) is 36.4 Å². The fourth-order valence-corrected chi connectivity index (χ4v) is 2.50. The van der Waals surface area contributed by atoms with Crippen LogP contribution in [0.25, 0.3) is 0 Å². The number of carbonyl (C=O) groups is 1. The zero-order valence-corrected chi connectivity index (χ0v) is 10.7. The molecule has 6 heteroatoms. The summed E-state index contributed by atoms with van der Waals surface area (Å²) in [6, 6.07) is 0. The molecule has 0 saturated carbocycles. The first-order valence-corrected chi connectivity index (χ1v) is 6.58. The number of piperazine rings is 1. The highest BCUT2D eigenvalue weighted by Gasteiger charge is 2.23. The van der Waals surface area contributed by atoms with Crippen LogP contribution in [-0.2, 0) is 0 Å². The lowest BCUT2D eigenvalue weighted by molar-refractivity contribution is 0.0625. The molecular weight excluding hydrogens is 241 g/mol. The summed E-state index contributed by atoms with van der Waals surface area (Å²) in [5.74, 6) is -0.00533. The molecule has 1 saturated heterocycles. The van der Waals surface area contributed by atoms with Crippen LogP contribution in [0.3, 0.4) is 0 Å². The van der Waals surface area contributed by atoms with Crippen LogP contribution in [0, 0.1) is 6.92 Å². The second-order valence-corrected chi connectivity index (χ2v) is 5.14. The quantitative estimate of drug-likeness (QED) is 0.816. The average molecular weight is 257 g/mol. The van der Waals surface area contributed by atoms with E-state index in [2.05, 4.69) is 4.98 Å². The van der Waals surface area contributed by atoms with Crippen LogP contribution >= 0.6 is 11.3 Å². The molecule has 0 atom stereocenters. The SMILES string of the molecule is Cc1nc(C(=O)N2CCN(CCF)CC2)cs1. The summed E-state index contributed by atoms with van der Waals surface area (Å²) in [6.45, 7) is 4.86. The van der Waals surface area contributed by atoms with Crippen molar-refractivity contribution < 1.29 is 9.18 Å². The van der Waals surface area contributed by atoms with Crippen molar-refractivity contribution >= 4 is 17.2 Å². The number of aromatic nitrogens is 1. The van der Waals surface area contributed by atoms with Crippen molar-refractivity contribution in [3.8, 4) is 0 Å². The van der Waals surface area contributed by atoms with E-state index in [1.807, 2.05) is 11.8 Å². The second kappa shape index (κ2) is 5.55. The Morgan fingerprint density at radius 1 is 1.47 bits per heavy atom. The molecule has 1 aliphatic rings. The smallest absolute Gasteiger partial charge is 0.273 e. The predicted molar refractivity (Wildman–Crippen MR) is 65.2 cm³/mol. The highest BCUT2D eigenvalue weighted by atomic mass is 32.1. The number of rotatable bonds is 3. The van der Waals surface area contributed by atoms with Crippen LogP contribution < -0.4 is 0 Å². The monoisotopic (exact) mass is 257 g/mol. The van der Waals surface area contributed by atoms with Gasteiger partial charge < -0.3 is 4.90 Å². The van der Waals surface area contributed by atoms with Crippen LogP contribution in [0.4, 0.5) is 4.39 Å². The maximum Gasteiger partial charge on any atom is 0.273 e. The Morgan fingerprint density at radius 3 is 2.71 bits per heavy atom. The lowest BCUT2D eigenvalue weighted by Crippen LogP contribution is -2.49. The zero-order valence-electron chi connectivity index (χ0n) is 9.86. The van der Waals surface area contributed by atoms with Crippen LogP contribution in [0.5, 0.6) is 0 Å². The number of nitrogens with zero attached hydrogens (tertiary/aromatic N) is 3. The third-order valence-corrected chi connectivity index (χ3v) is 3.67. The van der Waals surface area contributed by atoms with Crippen molar-refractivity contribution in [2.24, 2.45) is 0 Å². The van der Waals surface area contributed by atoms with Crippen molar-refractivity contribution in [1.82, 2.24) is 14.8 Å². The van der Waals surface area contributed by atoms with E-state index in [1.54, 1.807) is 10.3 Å². The van der Waals surface area contributed by atoms with Gasteiger partial charge in [0.15, 0.2) is 0 Å². The average Bonchev–Trinajstić information content (AvgIpc) is 2.76. The van der Waals surface area contributed by atoms with Gasteiger partial charge in [0.05, 0.1) is 5.01 Å². The number of thiazole rings is 1. The molecule has 0 aliphatic carbocycles. The lowest BCUT2D eigenvalue weighted by Gasteiger charge is -2.33. The van der Waals surface area contributed by atoms with Crippen LogP contribution in [0.15, 0.2) is 5.38 Å². The number of hydrogen-bond donors (Lipinski definition) is 0. The molecule has 1 aromatic heterocycles. The summed E-state index contributed by atoms with van der Waals surface area (Å²) in [6.07, 6.45) is 0. The largest absolute Gasteiger partial charge is 0.335 e. The Bertz CT molecular complexity index is 388. The summed E-state index contributed by atoms with van der Waals surface area (Å²) >= 11 is 1.49. The summed E-state index contributed by atoms with van der Waals surface area (Å²) in [5.41, 5.74) is 0.534. The lowest BCUT2D eigenvalue weighted by atomic mass is 10.3. The van der Waals surface area contributed by atoms with Crippen molar-refractivity contribution in [3.63, 3.8) is 0 Å². The molecule has 94 valence electrons. The van der Waals surface area contributed by atoms with Gasteiger partial charge in [-0.2, -0.15) is 0 Å². The molecule has 0 N–H and O–H groups in total. The Labute approximate surface area is 104 Å². The third-order valence-electron chi connectivity index (χ3n) is 2.90. The number of halogens is 1. The molecular formula is C11H16FN3OS. The highest BCUT2D eigenvalue weighted by molar-refractivity contribution is 7.09. The molecule has 0 aromatic carbocycles. The van der Waals surface area contributed by atoms with Gasteiger partial charge in [-0.15, -0.1) is 11.3 Å². The number of carbonyl (C=O) groups excluding carboxylic acids is 1. The molecule has 0 radical (unpaired) electrons. The Balaban J connectivity index is 1.90. The molecule has 2 heterocycles.